The molecular formula is C14H16BrNO2S. The van der Waals surface area contributed by atoms with Gasteiger partial charge in [-0.15, -0.1) is 0 Å². The lowest BCUT2D eigenvalue weighted by atomic mass is 9.82. The van der Waals surface area contributed by atoms with Crippen LogP contribution in [0.15, 0.2) is 22.8 Å². The predicted molar refractivity (Wildman–Crippen MR) is 79.6 cm³/mol. The molecule has 0 aliphatic carbocycles. The van der Waals surface area contributed by atoms with Crippen LogP contribution in [-0.2, 0) is 4.74 Å². The van der Waals surface area contributed by atoms with Crippen molar-refractivity contribution in [1.82, 2.24) is 4.98 Å². The van der Waals surface area contributed by atoms with Crippen LogP contribution in [0.4, 0.5) is 0 Å². The van der Waals surface area contributed by atoms with E-state index >= 15 is 0 Å². The Bertz CT molecular complexity index is 471. The number of carbonyl (C=O) groups excluding carboxylic acids is 1. The predicted octanol–water partition coefficient (Wildman–Crippen LogP) is 3.33. The number of thioether (sulfide) groups is 1. The molecule has 0 saturated carbocycles. The summed E-state index contributed by atoms with van der Waals surface area (Å²) in [5, 5.41) is 0. The van der Waals surface area contributed by atoms with Gasteiger partial charge in [-0.25, -0.2) is 0 Å². The van der Waals surface area contributed by atoms with Crippen molar-refractivity contribution < 1.29 is 9.53 Å². The number of hydrogen-bond acceptors (Lipinski definition) is 4. The van der Waals surface area contributed by atoms with Gasteiger partial charge in [0.05, 0.1) is 5.60 Å². The lowest BCUT2D eigenvalue weighted by molar-refractivity contribution is -0.0735. The second kappa shape index (κ2) is 5.54. The summed E-state index contributed by atoms with van der Waals surface area (Å²) < 4.78 is 6.86. The number of rotatable bonds is 2. The fourth-order valence-electron chi connectivity index (χ4n) is 2.85. The van der Waals surface area contributed by atoms with E-state index in [0.29, 0.717) is 12.3 Å². The molecule has 5 heteroatoms. The minimum Gasteiger partial charge on any atom is -0.374 e. The first kappa shape index (κ1) is 13.6. The highest BCUT2D eigenvalue weighted by Crippen LogP contribution is 2.41. The summed E-state index contributed by atoms with van der Waals surface area (Å²) in [6.07, 6.45) is 4.45. The molecule has 2 aliphatic heterocycles. The van der Waals surface area contributed by atoms with Gasteiger partial charge in [-0.3, -0.25) is 9.78 Å². The van der Waals surface area contributed by atoms with Crippen molar-refractivity contribution in [1.29, 1.82) is 0 Å². The van der Waals surface area contributed by atoms with Crippen molar-refractivity contribution in [2.45, 2.75) is 24.9 Å². The summed E-state index contributed by atoms with van der Waals surface area (Å²) in [5.74, 6) is 2.43. The van der Waals surface area contributed by atoms with E-state index in [1.807, 2.05) is 17.8 Å². The van der Waals surface area contributed by atoms with Gasteiger partial charge in [0, 0.05) is 28.9 Å². The van der Waals surface area contributed by atoms with Gasteiger partial charge in [0.15, 0.2) is 5.78 Å². The van der Waals surface area contributed by atoms with Gasteiger partial charge in [-0.2, -0.15) is 11.8 Å². The van der Waals surface area contributed by atoms with Gasteiger partial charge in [0.1, 0.15) is 5.69 Å². The molecule has 0 bridgehead atoms. The molecule has 2 saturated heterocycles. The highest BCUT2D eigenvalue weighted by molar-refractivity contribution is 9.10. The molecule has 19 heavy (non-hydrogen) atoms. The number of Topliss-reactive ketones (excluding diaryl/α,β-unsaturated/α-hetero) is 1. The third kappa shape index (κ3) is 2.88. The van der Waals surface area contributed by atoms with Gasteiger partial charge >= 0.3 is 0 Å². The highest BCUT2D eigenvalue weighted by Gasteiger charge is 2.42. The molecule has 0 N–H and O–H groups in total. The zero-order valence-electron chi connectivity index (χ0n) is 10.6. The molecule has 2 aliphatic rings. The van der Waals surface area contributed by atoms with Crippen LogP contribution in [0.5, 0.6) is 0 Å². The van der Waals surface area contributed by atoms with Gasteiger partial charge in [0.25, 0.3) is 0 Å². The van der Waals surface area contributed by atoms with E-state index < -0.39 is 0 Å². The summed E-state index contributed by atoms with van der Waals surface area (Å²) in [6.45, 7) is 0.702. The molecule has 1 spiro atoms. The van der Waals surface area contributed by atoms with Crippen LogP contribution in [0.2, 0.25) is 0 Å². The number of ether oxygens (including phenoxy) is 1. The summed E-state index contributed by atoms with van der Waals surface area (Å²) >= 11 is 5.28. The Balaban J connectivity index is 1.74. The fourth-order valence-corrected chi connectivity index (χ4v) is 4.46. The van der Waals surface area contributed by atoms with Crippen molar-refractivity contribution in [3.8, 4) is 0 Å². The van der Waals surface area contributed by atoms with Crippen LogP contribution in [0.25, 0.3) is 0 Å². The normalized spacial score (nSPS) is 30.7. The minimum atomic E-state index is -0.0430. The number of halogens is 1. The second-order valence-corrected chi connectivity index (χ2v) is 7.27. The highest BCUT2D eigenvalue weighted by atomic mass is 79.9. The van der Waals surface area contributed by atoms with E-state index in [2.05, 4.69) is 20.9 Å². The Hall–Kier alpha value is -0.390. The van der Waals surface area contributed by atoms with Crippen LogP contribution in [0, 0.1) is 5.92 Å². The fraction of sp³-hybridized carbons (Fsp3) is 0.571. The molecule has 0 aromatic carbocycles. The average Bonchev–Trinajstić information content (AvgIpc) is 2.87. The number of hydrogen-bond donors (Lipinski definition) is 0. The first-order valence-electron chi connectivity index (χ1n) is 6.56. The molecular weight excluding hydrogens is 326 g/mol. The SMILES string of the molecule is O=C(c1ccc(Br)cn1)C1CCOC2(CCSC2)C1. The maximum Gasteiger partial charge on any atom is 0.184 e. The standard InChI is InChI=1S/C14H16BrNO2S/c15-11-1-2-12(16-8-11)13(17)10-3-5-18-14(7-10)4-6-19-9-14/h1-2,8,10H,3-7,9H2. The first-order valence-corrected chi connectivity index (χ1v) is 8.51. The monoisotopic (exact) mass is 341 g/mol. The topological polar surface area (TPSA) is 39.2 Å². The molecule has 0 radical (unpaired) electrons. The summed E-state index contributed by atoms with van der Waals surface area (Å²) in [7, 11) is 0. The molecule has 2 fully saturated rings. The minimum absolute atomic E-state index is 0.0430. The Labute approximate surface area is 125 Å². The molecule has 3 rings (SSSR count). The number of carbonyl (C=O) groups is 1. The molecule has 2 unspecified atom stereocenters. The molecule has 3 heterocycles. The lowest BCUT2D eigenvalue weighted by Crippen LogP contribution is -2.42. The number of pyridine rings is 1. The molecule has 102 valence electrons. The van der Waals surface area contributed by atoms with Crippen LogP contribution in [0.1, 0.15) is 29.8 Å². The van der Waals surface area contributed by atoms with Crippen LogP contribution in [0.3, 0.4) is 0 Å². The van der Waals surface area contributed by atoms with E-state index in [4.69, 9.17) is 4.74 Å². The van der Waals surface area contributed by atoms with Crippen molar-refractivity contribution in [3.05, 3.63) is 28.5 Å². The van der Waals surface area contributed by atoms with Crippen LogP contribution < -0.4 is 0 Å². The Morgan fingerprint density at radius 3 is 3.11 bits per heavy atom. The summed E-state index contributed by atoms with van der Waals surface area (Å²) in [6, 6.07) is 3.68. The maximum atomic E-state index is 12.5. The van der Waals surface area contributed by atoms with Crippen molar-refractivity contribution >= 4 is 33.5 Å². The zero-order chi connectivity index (χ0) is 13.3. The Morgan fingerprint density at radius 2 is 2.42 bits per heavy atom. The van der Waals surface area contributed by atoms with Crippen LogP contribution in [-0.4, -0.2) is 34.5 Å². The van der Waals surface area contributed by atoms with E-state index in [1.165, 1.54) is 0 Å². The van der Waals surface area contributed by atoms with Crippen molar-refractivity contribution in [2.75, 3.05) is 18.1 Å². The van der Waals surface area contributed by atoms with E-state index in [9.17, 15) is 4.79 Å². The number of nitrogens with zero attached hydrogens (tertiary/aromatic N) is 1. The molecule has 1 aromatic rings. The zero-order valence-corrected chi connectivity index (χ0v) is 13.0. The number of ketones is 1. The maximum absolute atomic E-state index is 12.5. The second-order valence-electron chi connectivity index (χ2n) is 5.25. The summed E-state index contributed by atoms with van der Waals surface area (Å²) in [5.41, 5.74) is 0.536. The van der Waals surface area contributed by atoms with Gasteiger partial charge in [-0.1, -0.05) is 0 Å². The average molecular weight is 342 g/mol. The van der Waals surface area contributed by atoms with E-state index in [1.54, 1.807) is 12.3 Å². The quantitative estimate of drug-likeness (QED) is 0.773. The molecule has 3 nitrogen and oxygen atoms in total. The van der Waals surface area contributed by atoms with Gasteiger partial charge in [0.2, 0.25) is 0 Å². The Morgan fingerprint density at radius 1 is 1.53 bits per heavy atom. The van der Waals surface area contributed by atoms with Crippen molar-refractivity contribution in [3.63, 3.8) is 0 Å². The molecule has 2 atom stereocenters. The van der Waals surface area contributed by atoms with Crippen molar-refractivity contribution in [2.24, 2.45) is 5.92 Å². The van der Waals surface area contributed by atoms with E-state index in [-0.39, 0.29) is 17.3 Å². The number of aromatic nitrogens is 1. The molecule has 1 aromatic heterocycles. The Kier molecular flexibility index (Phi) is 3.96. The summed E-state index contributed by atoms with van der Waals surface area (Å²) in [4.78, 5) is 16.7. The van der Waals surface area contributed by atoms with Gasteiger partial charge in [-0.05, 0) is 53.1 Å². The molecule has 0 amide bonds. The van der Waals surface area contributed by atoms with Crippen LogP contribution >= 0.6 is 27.7 Å². The smallest absolute Gasteiger partial charge is 0.184 e. The lowest BCUT2D eigenvalue weighted by Gasteiger charge is -2.37. The van der Waals surface area contributed by atoms with E-state index in [0.717, 1.165) is 35.2 Å². The van der Waals surface area contributed by atoms with Gasteiger partial charge < -0.3 is 4.74 Å². The largest absolute Gasteiger partial charge is 0.374 e. The third-order valence-electron chi connectivity index (χ3n) is 3.91. The third-order valence-corrected chi connectivity index (χ3v) is 5.60. The first-order chi connectivity index (χ1) is 9.19.